The molecule has 29 heavy (non-hydrogen) atoms. The van der Waals surface area contributed by atoms with E-state index in [-0.39, 0.29) is 18.1 Å². The maximum absolute atomic E-state index is 13.2. The molecule has 0 unspecified atom stereocenters. The molecule has 150 valence electrons. The van der Waals surface area contributed by atoms with Crippen LogP contribution in [0.15, 0.2) is 67.3 Å². The average molecular weight is 391 g/mol. The van der Waals surface area contributed by atoms with Crippen LogP contribution < -0.4 is 0 Å². The zero-order valence-corrected chi connectivity index (χ0v) is 16.9. The van der Waals surface area contributed by atoms with Gasteiger partial charge in [-0.1, -0.05) is 36.4 Å². The number of rotatable bonds is 8. The van der Waals surface area contributed by atoms with E-state index in [1.807, 2.05) is 36.9 Å². The molecule has 3 aromatic rings. The molecule has 1 heterocycles. The molecule has 5 heteroatoms. The van der Waals surface area contributed by atoms with Crippen molar-refractivity contribution in [3.63, 3.8) is 0 Å². The van der Waals surface area contributed by atoms with Gasteiger partial charge in [0.05, 0.1) is 17.8 Å². The highest BCUT2D eigenvalue weighted by Crippen LogP contribution is 2.19. The Hall–Kier alpha value is -3.21. The minimum atomic E-state index is -0.288. The summed E-state index contributed by atoms with van der Waals surface area (Å²) in [4.78, 5) is 14.8. The molecule has 0 aliphatic rings. The standard InChI is InChI=1S/C24H26FN3O/c1-4-15-27(16-14-20-8-6-5-7-9-20)24(29)17-23-18(2)26-28(19(23)3)22-12-10-21(25)11-13-22/h4-13H,1,14-17H2,2-3H3. The fourth-order valence-electron chi connectivity index (χ4n) is 3.41. The highest BCUT2D eigenvalue weighted by Gasteiger charge is 2.19. The first kappa shape index (κ1) is 20.5. The summed E-state index contributed by atoms with van der Waals surface area (Å²) in [7, 11) is 0. The molecule has 0 aliphatic carbocycles. The van der Waals surface area contributed by atoms with Crippen molar-refractivity contribution in [2.24, 2.45) is 0 Å². The molecule has 4 nitrogen and oxygen atoms in total. The van der Waals surface area contributed by atoms with E-state index in [1.54, 1.807) is 22.9 Å². The molecular weight excluding hydrogens is 365 g/mol. The van der Waals surface area contributed by atoms with Gasteiger partial charge in [-0.15, -0.1) is 6.58 Å². The quantitative estimate of drug-likeness (QED) is 0.533. The first-order valence-corrected chi connectivity index (χ1v) is 9.73. The molecule has 3 rings (SSSR count). The van der Waals surface area contributed by atoms with E-state index in [4.69, 9.17) is 0 Å². The van der Waals surface area contributed by atoms with Crippen LogP contribution in [0.3, 0.4) is 0 Å². The number of carbonyl (C=O) groups excluding carboxylic acids is 1. The van der Waals surface area contributed by atoms with Gasteiger partial charge in [0.15, 0.2) is 0 Å². The lowest BCUT2D eigenvalue weighted by molar-refractivity contribution is -0.129. The Morgan fingerprint density at radius 1 is 1.14 bits per heavy atom. The molecule has 0 aliphatic heterocycles. The van der Waals surface area contributed by atoms with Crippen molar-refractivity contribution in [3.05, 3.63) is 95.6 Å². The number of aryl methyl sites for hydroxylation is 1. The zero-order valence-electron chi connectivity index (χ0n) is 16.9. The molecular formula is C24H26FN3O. The largest absolute Gasteiger partial charge is 0.338 e. The van der Waals surface area contributed by atoms with Crippen LogP contribution in [0.25, 0.3) is 5.69 Å². The number of hydrogen-bond acceptors (Lipinski definition) is 2. The number of amides is 1. The molecule has 0 saturated carbocycles. The van der Waals surface area contributed by atoms with E-state index >= 15 is 0 Å². The number of carbonyl (C=O) groups is 1. The topological polar surface area (TPSA) is 38.1 Å². The second-order valence-electron chi connectivity index (χ2n) is 7.08. The summed E-state index contributed by atoms with van der Waals surface area (Å²) in [6.07, 6.45) is 2.83. The Bertz CT molecular complexity index is 977. The van der Waals surface area contributed by atoms with E-state index in [0.717, 1.165) is 29.1 Å². The Balaban J connectivity index is 1.75. The second-order valence-corrected chi connectivity index (χ2v) is 7.08. The highest BCUT2D eigenvalue weighted by atomic mass is 19.1. The summed E-state index contributed by atoms with van der Waals surface area (Å²) < 4.78 is 15.0. The summed E-state index contributed by atoms with van der Waals surface area (Å²) in [5.41, 5.74) is 4.59. The van der Waals surface area contributed by atoms with Gasteiger partial charge in [0, 0.05) is 24.3 Å². The monoisotopic (exact) mass is 391 g/mol. The SMILES string of the molecule is C=CCN(CCc1ccccc1)C(=O)Cc1c(C)nn(-c2ccc(F)cc2)c1C. The summed E-state index contributed by atoms with van der Waals surface area (Å²) >= 11 is 0. The number of benzene rings is 2. The third-order valence-electron chi connectivity index (χ3n) is 5.06. The van der Waals surface area contributed by atoms with Crippen molar-refractivity contribution in [1.82, 2.24) is 14.7 Å². The lowest BCUT2D eigenvalue weighted by Gasteiger charge is -2.21. The van der Waals surface area contributed by atoms with E-state index in [9.17, 15) is 9.18 Å². The summed E-state index contributed by atoms with van der Waals surface area (Å²) in [6.45, 7) is 8.78. The van der Waals surface area contributed by atoms with Gasteiger partial charge in [-0.05, 0) is 50.1 Å². The van der Waals surface area contributed by atoms with Crippen molar-refractivity contribution in [2.45, 2.75) is 26.7 Å². The van der Waals surface area contributed by atoms with Gasteiger partial charge in [0.25, 0.3) is 0 Å². The molecule has 2 aromatic carbocycles. The number of halogens is 1. The summed E-state index contributed by atoms with van der Waals surface area (Å²) in [5, 5.41) is 4.57. The summed E-state index contributed by atoms with van der Waals surface area (Å²) in [5.74, 6) is -0.241. The predicted molar refractivity (Wildman–Crippen MR) is 114 cm³/mol. The van der Waals surface area contributed by atoms with Crippen LogP contribution in [0.4, 0.5) is 4.39 Å². The fraction of sp³-hybridized carbons (Fsp3) is 0.250. The van der Waals surface area contributed by atoms with Gasteiger partial charge < -0.3 is 4.90 Å². The number of hydrogen-bond donors (Lipinski definition) is 0. The van der Waals surface area contributed by atoms with Gasteiger partial charge >= 0.3 is 0 Å². The van der Waals surface area contributed by atoms with Crippen LogP contribution in [-0.2, 0) is 17.6 Å². The zero-order chi connectivity index (χ0) is 20.8. The third-order valence-corrected chi connectivity index (χ3v) is 5.06. The molecule has 0 atom stereocenters. The smallest absolute Gasteiger partial charge is 0.227 e. The Morgan fingerprint density at radius 3 is 2.48 bits per heavy atom. The van der Waals surface area contributed by atoms with E-state index in [2.05, 4.69) is 23.8 Å². The van der Waals surface area contributed by atoms with E-state index in [1.165, 1.54) is 17.7 Å². The number of aromatic nitrogens is 2. The Morgan fingerprint density at radius 2 is 1.83 bits per heavy atom. The van der Waals surface area contributed by atoms with Crippen LogP contribution >= 0.6 is 0 Å². The molecule has 0 radical (unpaired) electrons. The molecule has 0 spiro atoms. The highest BCUT2D eigenvalue weighted by molar-refractivity contribution is 5.79. The normalized spacial score (nSPS) is 10.7. The molecule has 0 fully saturated rings. The van der Waals surface area contributed by atoms with Crippen molar-refractivity contribution in [3.8, 4) is 5.69 Å². The van der Waals surface area contributed by atoms with Crippen molar-refractivity contribution in [1.29, 1.82) is 0 Å². The van der Waals surface area contributed by atoms with Gasteiger partial charge in [-0.2, -0.15) is 5.10 Å². The van der Waals surface area contributed by atoms with Gasteiger partial charge in [-0.3, -0.25) is 4.79 Å². The minimum absolute atomic E-state index is 0.0469. The molecule has 1 aromatic heterocycles. The molecule has 0 bridgehead atoms. The maximum atomic E-state index is 13.2. The fourth-order valence-corrected chi connectivity index (χ4v) is 3.41. The van der Waals surface area contributed by atoms with Crippen LogP contribution in [0.1, 0.15) is 22.5 Å². The van der Waals surface area contributed by atoms with Crippen LogP contribution in [-0.4, -0.2) is 33.7 Å². The first-order valence-electron chi connectivity index (χ1n) is 9.73. The van der Waals surface area contributed by atoms with Gasteiger partial charge in [-0.25, -0.2) is 9.07 Å². The molecule has 1 amide bonds. The van der Waals surface area contributed by atoms with Gasteiger partial charge in [0.1, 0.15) is 5.82 Å². The van der Waals surface area contributed by atoms with Crippen LogP contribution in [0.5, 0.6) is 0 Å². The summed E-state index contributed by atoms with van der Waals surface area (Å²) in [6, 6.07) is 16.3. The second kappa shape index (κ2) is 9.32. The molecule has 0 saturated heterocycles. The van der Waals surface area contributed by atoms with Crippen molar-refractivity contribution in [2.75, 3.05) is 13.1 Å². The van der Waals surface area contributed by atoms with Crippen molar-refractivity contribution < 1.29 is 9.18 Å². The van der Waals surface area contributed by atoms with E-state index in [0.29, 0.717) is 13.1 Å². The lowest BCUT2D eigenvalue weighted by atomic mass is 10.1. The number of nitrogens with zero attached hydrogens (tertiary/aromatic N) is 3. The van der Waals surface area contributed by atoms with Gasteiger partial charge in [0.2, 0.25) is 5.91 Å². The first-order chi connectivity index (χ1) is 14.0. The van der Waals surface area contributed by atoms with Crippen LogP contribution in [0, 0.1) is 19.7 Å². The molecule has 0 N–H and O–H groups in total. The lowest BCUT2D eigenvalue weighted by Crippen LogP contribution is -2.34. The van der Waals surface area contributed by atoms with E-state index < -0.39 is 0 Å². The maximum Gasteiger partial charge on any atom is 0.227 e. The predicted octanol–water partition coefficient (Wildman–Crippen LogP) is 4.43. The van der Waals surface area contributed by atoms with Crippen LogP contribution in [0.2, 0.25) is 0 Å². The van der Waals surface area contributed by atoms with Crippen molar-refractivity contribution >= 4 is 5.91 Å². The minimum Gasteiger partial charge on any atom is -0.338 e. The third kappa shape index (κ3) is 4.99. The Kier molecular flexibility index (Phi) is 6.60. The average Bonchev–Trinajstić information content (AvgIpc) is 3.00. The Labute approximate surface area is 171 Å².